The standard InChI is InChI=1S/C21H41N5O12/c1-5(23)19(34)26-7-2-6(24)17(37-21-15(32)14(31)12(29)8(3-22)35-21)16(33)18(7)38-20-13(30)10(25)11(28)9(4-27)36-20/h5-18,20-21,27-33H,2-4,22-25H2,1H3,(H,26,34). The zero-order valence-electron chi connectivity index (χ0n) is 20.8. The van der Waals surface area contributed by atoms with E-state index in [2.05, 4.69) is 5.32 Å². The van der Waals surface area contributed by atoms with E-state index in [1.165, 1.54) is 6.92 Å². The van der Waals surface area contributed by atoms with E-state index >= 15 is 0 Å². The minimum atomic E-state index is -1.73. The van der Waals surface area contributed by atoms with Gasteiger partial charge in [0.05, 0.1) is 24.7 Å². The molecule has 0 aromatic rings. The highest BCUT2D eigenvalue weighted by Gasteiger charge is 2.52. The van der Waals surface area contributed by atoms with Crippen LogP contribution in [0.1, 0.15) is 13.3 Å². The number of aliphatic hydroxyl groups excluding tert-OH is 7. The smallest absolute Gasteiger partial charge is 0.236 e. The fraction of sp³-hybridized carbons (Fsp3) is 0.952. The Hall–Kier alpha value is -1.13. The van der Waals surface area contributed by atoms with Gasteiger partial charge in [0.25, 0.3) is 0 Å². The molecular weight excluding hydrogens is 514 g/mol. The first-order chi connectivity index (χ1) is 17.8. The van der Waals surface area contributed by atoms with Gasteiger partial charge in [0.1, 0.15) is 61.0 Å². The number of aliphatic hydroxyl groups is 7. The first-order valence-corrected chi connectivity index (χ1v) is 12.4. The number of carbonyl (C=O) groups excluding carboxylic acids is 1. The second-order valence-electron chi connectivity index (χ2n) is 10.0. The summed E-state index contributed by atoms with van der Waals surface area (Å²) in [6.07, 6.45) is -17.7. The third-order valence-electron chi connectivity index (χ3n) is 7.18. The highest BCUT2D eigenvalue weighted by Crippen LogP contribution is 2.32. The predicted octanol–water partition coefficient (Wildman–Crippen LogP) is -7.79. The lowest BCUT2D eigenvalue weighted by Crippen LogP contribution is -2.69. The molecule has 2 heterocycles. The lowest BCUT2D eigenvalue weighted by atomic mass is 9.83. The van der Waals surface area contributed by atoms with Crippen molar-refractivity contribution < 1.29 is 59.5 Å². The number of carbonyl (C=O) groups is 1. The number of ether oxygens (including phenoxy) is 4. The second kappa shape index (κ2) is 13.0. The van der Waals surface area contributed by atoms with Crippen LogP contribution in [0.25, 0.3) is 0 Å². The van der Waals surface area contributed by atoms with E-state index < -0.39 is 110 Å². The highest BCUT2D eigenvalue weighted by molar-refractivity contribution is 5.81. The Morgan fingerprint density at radius 1 is 0.895 bits per heavy atom. The molecule has 0 aromatic heterocycles. The minimum absolute atomic E-state index is 0.0555. The van der Waals surface area contributed by atoms with Gasteiger partial charge in [-0.25, -0.2) is 0 Å². The molecule has 38 heavy (non-hydrogen) atoms. The number of nitrogens with one attached hydrogen (secondary N) is 1. The van der Waals surface area contributed by atoms with Gasteiger partial charge < -0.3 is 82.9 Å². The Morgan fingerprint density at radius 2 is 1.47 bits per heavy atom. The molecule has 0 aromatic carbocycles. The normalized spacial score (nSPS) is 48.9. The van der Waals surface area contributed by atoms with Crippen LogP contribution in [-0.2, 0) is 23.7 Å². The van der Waals surface area contributed by atoms with Crippen LogP contribution in [0.3, 0.4) is 0 Å². The van der Waals surface area contributed by atoms with Crippen molar-refractivity contribution in [3.8, 4) is 0 Å². The van der Waals surface area contributed by atoms with E-state index in [0.717, 1.165) is 0 Å². The Bertz CT molecular complexity index is 781. The van der Waals surface area contributed by atoms with Gasteiger partial charge in [-0.15, -0.1) is 0 Å². The molecule has 0 spiro atoms. The van der Waals surface area contributed by atoms with Crippen molar-refractivity contribution in [1.82, 2.24) is 5.32 Å². The van der Waals surface area contributed by atoms with Gasteiger partial charge in [0.15, 0.2) is 12.6 Å². The Balaban J connectivity index is 1.84. The summed E-state index contributed by atoms with van der Waals surface area (Å²) in [4.78, 5) is 12.4. The van der Waals surface area contributed by atoms with Gasteiger partial charge >= 0.3 is 0 Å². The molecule has 16 N–H and O–H groups in total. The van der Waals surface area contributed by atoms with Crippen molar-refractivity contribution >= 4 is 5.91 Å². The summed E-state index contributed by atoms with van der Waals surface area (Å²) in [5.41, 5.74) is 23.3. The van der Waals surface area contributed by atoms with E-state index in [-0.39, 0.29) is 13.0 Å². The van der Waals surface area contributed by atoms with Crippen LogP contribution in [0.15, 0.2) is 0 Å². The van der Waals surface area contributed by atoms with Gasteiger partial charge in [0.2, 0.25) is 5.91 Å². The van der Waals surface area contributed by atoms with Crippen LogP contribution < -0.4 is 28.3 Å². The SMILES string of the molecule is CC(N)C(=O)NC1CC(N)C(OC2OC(CN)C(O)C(O)C2O)C(O)C1OC1OC(CO)C(O)C(N)C1O. The summed E-state index contributed by atoms with van der Waals surface area (Å²) in [5, 5.41) is 74.7. The molecule has 3 rings (SSSR count). The molecule has 1 amide bonds. The molecule has 2 saturated heterocycles. The molecular formula is C21H41N5O12. The van der Waals surface area contributed by atoms with E-state index in [9.17, 15) is 40.5 Å². The maximum atomic E-state index is 12.4. The Morgan fingerprint density at radius 3 is 2.05 bits per heavy atom. The molecule has 3 fully saturated rings. The van der Waals surface area contributed by atoms with Gasteiger partial charge in [0, 0.05) is 12.6 Å². The molecule has 2 aliphatic heterocycles. The summed E-state index contributed by atoms with van der Waals surface area (Å²) in [6.45, 7) is 0.575. The van der Waals surface area contributed by atoms with Crippen LogP contribution in [0.2, 0.25) is 0 Å². The van der Waals surface area contributed by atoms with Crippen molar-refractivity contribution in [3.63, 3.8) is 0 Å². The first kappa shape index (κ1) is 31.4. The zero-order chi connectivity index (χ0) is 28.5. The maximum Gasteiger partial charge on any atom is 0.236 e. The third kappa shape index (κ3) is 6.43. The second-order valence-corrected chi connectivity index (χ2v) is 10.0. The Labute approximate surface area is 218 Å². The van der Waals surface area contributed by atoms with Crippen molar-refractivity contribution in [1.29, 1.82) is 0 Å². The number of hydrogen-bond acceptors (Lipinski definition) is 16. The molecule has 16 unspecified atom stereocenters. The van der Waals surface area contributed by atoms with Crippen molar-refractivity contribution in [2.45, 2.75) is 111 Å². The average molecular weight is 556 g/mol. The quantitative estimate of drug-likeness (QED) is 0.132. The van der Waals surface area contributed by atoms with Gasteiger partial charge in [-0.1, -0.05) is 0 Å². The molecule has 16 atom stereocenters. The van der Waals surface area contributed by atoms with Gasteiger partial charge in [-0.3, -0.25) is 4.79 Å². The molecule has 0 radical (unpaired) electrons. The zero-order valence-corrected chi connectivity index (χ0v) is 20.8. The molecule has 17 nitrogen and oxygen atoms in total. The van der Waals surface area contributed by atoms with Crippen LogP contribution in [0.5, 0.6) is 0 Å². The van der Waals surface area contributed by atoms with E-state index in [1.807, 2.05) is 0 Å². The first-order valence-electron chi connectivity index (χ1n) is 12.4. The van der Waals surface area contributed by atoms with Crippen LogP contribution in [-0.4, -0.2) is 153 Å². The third-order valence-corrected chi connectivity index (χ3v) is 7.18. The summed E-state index contributed by atoms with van der Waals surface area (Å²) >= 11 is 0. The van der Waals surface area contributed by atoms with Crippen molar-refractivity contribution in [3.05, 3.63) is 0 Å². The summed E-state index contributed by atoms with van der Waals surface area (Å²) in [7, 11) is 0. The van der Waals surface area contributed by atoms with Crippen LogP contribution in [0, 0.1) is 0 Å². The topological polar surface area (TPSA) is 312 Å². The average Bonchev–Trinajstić information content (AvgIpc) is 2.88. The van der Waals surface area contributed by atoms with E-state index in [0.29, 0.717) is 0 Å². The molecule has 3 aliphatic rings. The highest BCUT2D eigenvalue weighted by atomic mass is 16.7. The lowest BCUT2D eigenvalue weighted by Gasteiger charge is -2.49. The maximum absolute atomic E-state index is 12.4. The lowest BCUT2D eigenvalue weighted by molar-refractivity contribution is -0.332. The molecule has 1 saturated carbocycles. The largest absolute Gasteiger partial charge is 0.394 e. The van der Waals surface area contributed by atoms with E-state index in [4.69, 9.17) is 41.9 Å². The van der Waals surface area contributed by atoms with Crippen LogP contribution >= 0.6 is 0 Å². The van der Waals surface area contributed by atoms with E-state index in [1.54, 1.807) is 0 Å². The molecule has 17 heteroatoms. The minimum Gasteiger partial charge on any atom is -0.394 e. The van der Waals surface area contributed by atoms with Gasteiger partial charge in [-0.2, -0.15) is 0 Å². The summed E-state index contributed by atoms with van der Waals surface area (Å²) in [6, 6.07) is -4.16. The number of nitrogens with two attached hydrogens (primary N) is 4. The molecule has 1 aliphatic carbocycles. The van der Waals surface area contributed by atoms with Gasteiger partial charge in [-0.05, 0) is 13.3 Å². The van der Waals surface area contributed by atoms with Crippen molar-refractivity contribution in [2.75, 3.05) is 13.2 Å². The van der Waals surface area contributed by atoms with Crippen LogP contribution in [0.4, 0.5) is 0 Å². The summed E-state index contributed by atoms with van der Waals surface area (Å²) in [5.74, 6) is -0.596. The fourth-order valence-electron chi connectivity index (χ4n) is 4.81. The monoisotopic (exact) mass is 555 g/mol. The number of amides is 1. The number of rotatable bonds is 8. The number of hydrogen-bond donors (Lipinski definition) is 12. The fourth-order valence-corrected chi connectivity index (χ4v) is 4.81. The van der Waals surface area contributed by atoms with Crippen molar-refractivity contribution in [2.24, 2.45) is 22.9 Å². The molecule has 0 bridgehead atoms. The predicted molar refractivity (Wildman–Crippen MR) is 125 cm³/mol. The Kier molecular flexibility index (Phi) is 10.8. The molecule has 222 valence electrons. The summed E-state index contributed by atoms with van der Waals surface area (Å²) < 4.78 is 22.5.